The van der Waals surface area contributed by atoms with Gasteiger partial charge in [0.05, 0.1) is 10.9 Å². The summed E-state index contributed by atoms with van der Waals surface area (Å²) in [6.45, 7) is 0.981. The lowest BCUT2D eigenvalue weighted by Crippen LogP contribution is -2.31. The minimum Gasteiger partial charge on any atom is -0.355 e. The molecule has 2 aromatic carbocycles. The number of nitrogens with one attached hydrogen (secondary N) is 1. The minimum absolute atomic E-state index is 0.0501. The number of aromatic nitrogens is 1. The highest BCUT2D eigenvalue weighted by atomic mass is 35.5. The van der Waals surface area contributed by atoms with Crippen molar-refractivity contribution in [2.45, 2.75) is 18.9 Å². The van der Waals surface area contributed by atoms with Gasteiger partial charge in [0.15, 0.2) is 0 Å². The summed E-state index contributed by atoms with van der Waals surface area (Å²) in [5.74, 6) is -0.410. The number of pyridine rings is 1. The highest BCUT2D eigenvalue weighted by Crippen LogP contribution is 2.24. The van der Waals surface area contributed by atoms with Crippen LogP contribution in [-0.4, -0.2) is 17.0 Å². The van der Waals surface area contributed by atoms with Crippen LogP contribution >= 0.6 is 11.6 Å². The Morgan fingerprint density at radius 3 is 2.11 bits per heavy atom. The number of hydrogen-bond donors (Lipinski definition) is 1. The largest absolute Gasteiger partial charge is 0.355 e. The highest BCUT2D eigenvalue weighted by molar-refractivity contribution is 6.30. The molecule has 0 spiro atoms. The number of carbonyl (C=O) groups is 1. The minimum atomic E-state index is -0.360. The maximum absolute atomic E-state index is 12.9. The Bertz CT molecular complexity index is 900. The molecule has 0 saturated heterocycles. The topological polar surface area (TPSA) is 51.1 Å². The summed E-state index contributed by atoms with van der Waals surface area (Å²) in [5.41, 5.74) is 1.80. The zero-order chi connectivity index (χ0) is 19.1. The first-order chi connectivity index (χ1) is 13.1. The van der Waals surface area contributed by atoms with Gasteiger partial charge in [-0.1, -0.05) is 72.3 Å². The van der Waals surface area contributed by atoms with Crippen molar-refractivity contribution in [2.75, 3.05) is 6.54 Å². The van der Waals surface area contributed by atoms with E-state index in [1.165, 1.54) is 6.07 Å². The molecule has 1 amide bonds. The standard InChI is InChI=1S/C22H21ClN2O2/c23-19-12-13-20(26)25(16-19)15-7-14-24-22(27)21(17-8-3-1-4-9-17)18-10-5-2-6-11-18/h1-6,8-13,16,21H,7,14-15H2,(H,24,27). The Balaban J connectivity index is 1.65. The second kappa shape index (κ2) is 9.19. The first kappa shape index (κ1) is 18.9. The fourth-order valence-electron chi connectivity index (χ4n) is 3.03. The maximum Gasteiger partial charge on any atom is 0.250 e. The number of aryl methyl sites for hydroxylation is 1. The van der Waals surface area contributed by atoms with Gasteiger partial charge in [0.1, 0.15) is 0 Å². The van der Waals surface area contributed by atoms with Gasteiger partial charge in [-0.3, -0.25) is 9.59 Å². The van der Waals surface area contributed by atoms with Crippen molar-refractivity contribution in [2.24, 2.45) is 0 Å². The molecule has 1 heterocycles. The molecule has 0 bridgehead atoms. The number of halogens is 1. The molecule has 27 heavy (non-hydrogen) atoms. The van der Waals surface area contributed by atoms with Crippen molar-refractivity contribution in [3.63, 3.8) is 0 Å². The average molecular weight is 381 g/mol. The molecule has 0 radical (unpaired) electrons. The molecular formula is C22H21ClN2O2. The van der Waals surface area contributed by atoms with E-state index in [1.807, 2.05) is 60.7 Å². The first-order valence-electron chi connectivity index (χ1n) is 8.89. The predicted molar refractivity (Wildman–Crippen MR) is 108 cm³/mol. The monoisotopic (exact) mass is 380 g/mol. The lowest BCUT2D eigenvalue weighted by molar-refractivity contribution is -0.121. The second-order valence-corrected chi connectivity index (χ2v) is 6.71. The predicted octanol–water partition coefficient (Wildman–Crippen LogP) is 3.84. The molecule has 0 aliphatic rings. The number of carbonyl (C=O) groups excluding carboxylic acids is 1. The molecule has 3 aromatic rings. The highest BCUT2D eigenvalue weighted by Gasteiger charge is 2.21. The zero-order valence-corrected chi connectivity index (χ0v) is 15.6. The van der Waals surface area contributed by atoms with E-state index in [0.29, 0.717) is 24.5 Å². The van der Waals surface area contributed by atoms with Crippen LogP contribution in [0.4, 0.5) is 0 Å². The molecular weight excluding hydrogens is 360 g/mol. The smallest absolute Gasteiger partial charge is 0.250 e. The number of rotatable bonds is 7. The van der Waals surface area contributed by atoms with Gasteiger partial charge in [-0.2, -0.15) is 0 Å². The Morgan fingerprint density at radius 2 is 1.52 bits per heavy atom. The van der Waals surface area contributed by atoms with E-state index >= 15 is 0 Å². The van der Waals surface area contributed by atoms with Crippen LogP contribution in [-0.2, 0) is 11.3 Å². The molecule has 1 aromatic heterocycles. The lowest BCUT2D eigenvalue weighted by atomic mass is 9.90. The van der Waals surface area contributed by atoms with Crippen LogP contribution in [0, 0.1) is 0 Å². The van der Waals surface area contributed by atoms with Crippen LogP contribution in [0.2, 0.25) is 5.02 Å². The molecule has 0 atom stereocenters. The van der Waals surface area contributed by atoms with E-state index in [9.17, 15) is 9.59 Å². The van der Waals surface area contributed by atoms with Gasteiger partial charge >= 0.3 is 0 Å². The Labute approximate surface area is 163 Å². The Morgan fingerprint density at radius 1 is 0.926 bits per heavy atom. The molecule has 0 unspecified atom stereocenters. The van der Waals surface area contributed by atoms with Gasteiger partial charge in [-0.05, 0) is 23.6 Å². The van der Waals surface area contributed by atoms with Gasteiger partial charge < -0.3 is 9.88 Å². The number of amides is 1. The fourth-order valence-corrected chi connectivity index (χ4v) is 3.21. The van der Waals surface area contributed by atoms with E-state index in [-0.39, 0.29) is 17.4 Å². The molecule has 0 aliphatic carbocycles. The van der Waals surface area contributed by atoms with Gasteiger partial charge in [0, 0.05) is 25.4 Å². The van der Waals surface area contributed by atoms with Gasteiger partial charge in [0.2, 0.25) is 5.91 Å². The summed E-state index contributed by atoms with van der Waals surface area (Å²) in [6, 6.07) is 22.5. The van der Waals surface area contributed by atoms with Crippen molar-refractivity contribution in [3.8, 4) is 0 Å². The SMILES string of the molecule is O=C(NCCCn1cc(Cl)ccc1=O)C(c1ccccc1)c1ccccc1. The number of nitrogens with zero attached hydrogens (tertiary/aromatic N) is 1. The van der Waals surface area contributed by atoms with Crippen molar-refractivity contribution in [3.05, 3.63) is 105 Å². The summed E-state index contributed by atoms with van der Waals surface area (Å²) in [6.07, 6.45) is 2.25. The van der Waals surface area contributed by atoms with Crippen LogP contribution in [0.25, 0.3) is 0 Å². The van der Waals surface area contributed by atoms with Crippen molar-refractivity contribution >= 4 is 17.5 Å². The third-order valence-electron chi connectivity index (χ3n) is 4.35. The Kier molecular flexibility index (Phi) is 6.44. The average Bonchev–Trinajstić information content (AvgIpc) is 2.70. The molecule has 138 valence electrons. The van der Waals surface area contributed by atoms with Crippen LogP contribution in [0.5, 0.6) is 0 Å². The lowest BCUT2D eigenvalue weighted by Gasteiger charge is -2.18. The van der Waals surface area contributed by atoms with Gasteiger partial charge in [-0.25, -0.2) is 0 Å². The summed E-state index contributed by atoms with van der Waals surface area (Å²) in [5, 5.41) is 3.52. The van der Waals surface area contributed by atoms with Crippen LogP contribution in [0.15, 0.2) is 83.8 Å². The molecule has 1 N–H and O–H groups in total. The Hall–Kier alpha value is -2.85. The van der Waals surface area contributed by atoms with Crippen molar-refractivity contribution in [1.29, 1.82) is 0 Å². The number of hydrogen-bond acceptors (Lipinski definition) is 2. The van der Waals surface area contributed by atoms with E-state index in [0.717, 1.165) is 11.1 Å². The van der Waals surface area contributed by atoms with Crippen LogP contribution < -0.4 is 10.9 Å². The quantitative estimate of drug-likeness (QED) is 0.633. The summed E-state index contributed by atoms with van der Waals surface area (Å²) >= 11 is 5.93. The molecule has 0 saturated carbocycles. The van der Waals surface area contributed by atoms with E-state index < -0.39 is 0 Å². The molecule has 4 nitrogen and oxygen atoms in total. The first-order valence-corrected chi connectivity index (χ1v) is 9.26. The molecule has 0 aliphatic heterocycles. The second-order valence-electron chi connectivity index (χ2n) is 6.28. The number of benzene rings is 2. The molecule has 3 rings (SSSR count). The van der Waals surface area contributed by atoms with E-state index in [4.69, 9.17) is 11.6 Å². The third-order valence-corrected chi connectivity index (χ3v) is 4.57. The van der Waals surface area contributed by atoms with Gasteiger partial charge in [-0.15, -0.1) is 0 Å². The summed E-state index contributed by atoms with van der Waals surface area (Å²) in [4.78, 5) is 24.7. The summed E-state index contributed by atoms with van der Waals surface area (Å²) in [7, 11) is 0. The fraction of sp³-hybridized carbons (Fsp3) is 0.182. The zero-order valence-electron chi connectivity index (χ0n) is 14.8. The van der Waals surface area contributed by atoms with Crippen LogP contribution in [0.3, 0.4) is 0 Å². The molecule has 0 fully saturated rings. The van der Waals surface area contributed by atoms with Gasteiger partial charge in [0.25, 0.3) is 5.56 Å². The van der Waals surface area contributed by atoms with E-state index in [2.05, 4.69) is 5.32 Å². The maximum atomic E-state index is 12.9. The third kappa shape index (κ3) is 5.08. The summed E-state index contributed by atoms with van der Waals surface area (Å²) < 4.78 is 1.56. The van der Waals surface area contributed by atoms with Crippen molar-refractivity contribution < 1.29 is 4.79 Å². The van der Waals surface area contributed by atoms with Crippen molar-refractivity contribution in [1.82, 2.24) is 9.88 Å². The van der Waals surface area contributed by atoms with E-state index in [1.54, 1.807) is 16.8 Å². The van der Waals surface area contributed by atoms with Crippen LogP contribution in [0.1, 0.15) is 23.5 Å². The molecule has 5 heteroatoms. The normalized spacial score (nSPS) is 10.7.